The lowest BCUT2D eigenvalue weighted by molar-refractivity contribution is -0.142. The van der Waals surface area contributed by atoms with E-state index in [4.69, 9.17) is 4.74 Å². The average Bonchev–Trinajstić information content (AvgIpc) is 3.26. The number of hydrogen-bond acceptors (Lipinski definition) is 6. The number of piperidine rings is 1. The third-order valence-corrected chi connectivity index (χ3v) is 5.95. The van der Waals surface area contributed by atoms with Crippen molar-refractivity contribution in [2.75, 3.05) is 13.1 Å². The summed E-state index contributed by atoms with van der Waals surface area (Å²) in [4.78, 5) is 34.8. The first-order valence-electron chi connectivity index (χ1n) is 10.2. The molecule has 0 N–H and O–H groups in total. The first-order valence-corrected chi connectivity index (χ1v) is 10.2. The fourth-order valence-corrected chi connectivity index (χ4v) is 4.31. The fourth-order valence-electron chi connectivity index (χ4n) is 4.31. The number of carbonyl (C=O) groups excluding carboxylic acids is 2. The Bertz CT molecular complexity index is 1200. The van der Waals surface area contributed by atoms with Crippen LogP contribution in [0.25, 0.3) is 5.78 Å². The van der Waals surface area contributed by atoms with E-state index in [1.54, 1.807) is 29.2 Å². The number of ether oxygens (including phenoxy) is 1. The third kappa shape index (κ3) is 3.57. The molecule has 1 unspecified atom stereocenters. The van der Waals surface area contributed by atoms with Gasteiger partial charge < -0.3 is 9.64 Å². The van der Waals surface area contributed by atoms with E-state index in [0.717, 1.165) is 18.0 Å². The second-order valence-corrected chi connectivity index (χ2v) is 7.89. The highest BCUT2D eigenvalue weighted by atomic mass is 19.4. The number of likely N-dealkylation sites (tertiary alicyclic amines) is 1. The highest BCUT2D eigenvalue weighted by Crippen LogP contribution is 2.34. The number of hydrogen-bond donors (Lipinski definition) is 0. The van der Waals surface area contributed by atoms with Crippen molar-refractivity contribution in [3.05, 3.63) is 59.2 Å². The Labute approximate surface area is 180 Å². The third-order valence-electron chi connectivity index (χ3n) is 5.95. The molecule has 1 saturated heterocycles. The van der Waals surface area contributed by atoms with Crippen LogP contribution in [0.4, 0.5) is 13.2 Å². The van der Waals surface area contributed by atoms with Crippen LogP contribution in [0.15, 0.2) is 36.7 Å². The summed E-state index contributed by atoms with van der Waals surface area (Å²) in [6.07, 6.45) is -3.26. The van der Waals surface area contributed by atoms with Gasteiger partial charge in [0.05, 0.1) is 5.56 Å². The van der Waals surface area contributed by atoms with Crippen LogP contribution < -0.4 is 0 Å². The van der Waals surface area contributed by atoms with Crippen molar-refractivity contribution in [1.29, 1.82) is 0 Å². The van der Waals surface area contributed by atoms with Crippen molar-refractivity contribution in [2.45, 2.75) is 37.5 Å². The molecule has 0 radical (unpaired) electrons. The van der Waals surface area contributed by atoms with Crippen LogP contribution in [0.5, 0.6) is 0 Å². The van der Waals surface area contributed by atoms with Gasteiger partial charge in [0, 0.05) is 31.1 Å². The number of benzene rings is 1. The minimum atomic E-state index is -4.60. The molecule has 8 nitrogen and oxygen atoms in total. The number of amides is 1. The Morgan fingerprint density at radius 1 is 1.16 bits per heavy atom. The first-order chi connectivity index (χ1) is 15.3. The van der Waals surface area contributed by atoms with Gasteiger partial charge in [-0.1, -0.05) is 18.2 Å². The minimum absolute atomic E-state index is 0.110. The van der Waals surface area contributed by atoms with Crippen molar-refractivity contribution in [3.63, 3.8) is 0 Å². The smallest absolute Gasteiger partial charge is 0.433 e. The summed E-state index contributed by atoms with van der Waals surface area (Å²) in [6.45, 7) is 0.667. The van der Waals surface area contributed by atoms with Gasteiger partial charge in [-0.05, 0) is 30.5 Å². The Morgan fingerprint density at radius 3 is 2.66 bits per heavy atom. The number of rotatable bonds is 2. The zero-order chi connectivity index (χ0) is 22.5. The number of cyclic esters (lactones) is 1. The molecule has 2 aliphatic rings. The van der Waals surface area contributed by atoms with Gasteiger partial charge in [-0.25, -0.2) is 9.78 Å². The molecule has 0 bridgehead atoms. The predicted octanol–water partition coefficient (Wildman–Crippen LogP) is 2.63. The number of esters is 1. The highest BCUT2D eigenvalue weighted by Gasteiger charge is 2.38. The maximum absolute atomic E-state index is 13.4. The van der Waals surface area contributed by atoms with Gasteiger partial charge in [-0.15, -0.1) is 0 Å². The summed E-state index contributed by atoms with van der Waals surface area (Å²) >= 11 is 0. The van der Waals surface area contributed by atoms with E-state index in [1.807, 2.05) is 0 Å². The SMILES string of the molecule is O=C1OC(C(=O)N2CCC(c3cc(C(F)(F)F)n4ncnc4n3)CC2)Cc2ccccc21. The van der Waals surface area contributed by atoms with Gasteiger partial charge in [0.25, 0.3) is 11.7 Å². The largest absolute Gasteiger partial charge is 0.448 e. The van der Waals surface area contributed by atoms with Crippen molar-refractivity contribution < 1.29 is 27.5 Å². The van der Waals surface area contributed by atoms with Crippen LogP contribution in [0, 0.1) is 0 Å². The van der Waals surface area contributed by atoms with E-state index in [-0.39, 0.29) is 23.3 Å². The first kappa shape index (κ1) is 20.4. The van der Waals surface area contributed by atoms with Crippen LogP contribution >= 0.6 is 0 Å². The summed E-state index contributed by atoms with van der Waals surface area (Å²) in [5.74, 6) is -1.17. The van der Waals surface area contributed by atoms with E-state index in [9.17, 15) is 22.8 Å². The van der Waals surface area contributed by atoms with Crippen molar-refractivity contribution in [3.8, 4) is 0 Å². The molecule has 0 saturated carbocycles. The second kappa shape index (κ2) is 7.57. The minimum Gasteiger partial charge on any atom is -0.448 e. The molecular formula is C21H18F3N5O3. The molecule has 2 aromatic heterocycles. The monoisotopic (exact) mass is 445 g/mol. The zero-order valence-corrected chi connectivity index (χ0v) is 16.7. The quantitative estimate of drug-likeness (QED) is 0.564. The van der Waals surface area contributed by atoms with Crippen molar-refractivity contribution >= 4 is 17.7 Å². The molecule has 1 fully saturated rings. The lowest BCUT2D eigenvalue weighted by Crippen LogP contribution is -2.47. The van der Waals surface area contributed by atoms with E-state index in [0.29, 0.717) is 42.4 Å². The van der Waals surface area contributed by atoms with Crippen LogP contribution in [0.3, 0.4) is 0 Å². The molecule has 1 amide bonds. The fraction of sp³-hybridized carbons (Fsp3) is 0.381. The summed E-state index contributed by atoms with van der Waals surface area (Å²) in [5, 5.41) is 3.61. The molecule has 11 heteroatoms. The van der Waals surface area contributed by atoms with Gasteiger partial charge >= 0.3 is 12.1 Å². The number of carbonyl (C=O) groups is 2. The summed E-state index contributed by atoms with van der Waals surface area (Å²) < 4.78 is 46.4. The number of fused-ring (bicyclic) bond motifs is 2. The Hall–Kier alpha value is -3.50. The lowest BCUT2D eigenvalue weighted by Gasteiger charge is -2.35. The van der Waals surface area contributed by atoms with Gasteiger partial charge in [0.15, 0.2) is 11.8 Å². The summed E-state index contributed by atoms with van der Waals surface area (Å²) in [5.41, 5.74) is 0.581. The molecule has 0 spiro atoms. The molecule has 1 atom stereocenters. The standard InChI is InChI=1S/C21H18F3N5O3/c22-21(23,24)17-10-15(27-20-25-11-26-29(17)20)12-5-7-28(8-6-12)18(30)16-9-13-3-1-2-4-14(13)19(31)32-16/h1-4,10-12,16H,5-9H2. The highest BCUT2D eigenvalue weighted by molar-refractivity contribution is 5.95. The van der Waals surface area contributed by atoms with Crippen molar-refractivity contribution in [2.24, 2.45) is 0 Å². The Morgan fingerprint density at radius 2 is 1.91 bits per heavy atom. The molecule has 32 heavy (non-hydrogen) atoms. The number of alkyl halides is 3. The molecule has 1 aromatic carbocycles. The summed E-state index contributed by atoms with van der Waals surface area (Å²) in [6, 6.07) is 8.01. The molecular weight excluding hydrogens is 427 g/mol. The van der Waals surface area contributed by atoms with Gasteiger partial charge in [0.2, 0.25) is 0 Å². The van der Waals surface area contributed by atoms with Gasteiger partial charge in [-0.3, -0.25) is 4.79 Å². The predicted molar refractivity (Wildman–Crippen MR) is 104 cm³/mol. The molecule has 5 rings (SSSR count). The van der Waals surface area contributed by atoms with E-state index < -0.39 is 23.9 Å². The van der Waals surface area contributed by atoms with Crippen LogP contribution in [-0.2, 0) is 22.1 Å². The second-order valence-electron chi connectivity index (χ2n) is 7.89. The summed E-state index contributed by atoms with van der Waals surface area (Å²) in [7, 11) is 0. The van der Waals surface area contributed by atoms with E-state index in [1.165, 1.54) is 0 Å². The normalized spacial score (nSPS) is 19.7. The van der Waals surface area contributed by atoms with Gasteiger partial charge in [-0.2, -0.15) is 27.8 Å². The number of nitrogens with zero attached hydrogens (tertiary/aromatic N) is 5. The average molecular weight is 445 g/mol. The van der Waals surface area contributed by atoms with Gasteiger partial charge in [0.1, 0.15) is 6.33 Å². The van der Waals surface area contributed by atoms with E-state index in [2.05, 4.69) is 15.1 Å². The van der Waals surface area contributed by atoms with Crippen molar-refractivity contribution in [1.82, 2.24) is 24.5 Å². The zero-order valence-electron chi connectivity index (χ0n) is 16.7. The number of aromatic nitrogens is 4. The maximum atomic E-state index is 13.4. The number of halogens is 3. The molecule has 4 heterocycles. The maximum Gasteiger partial charge on any atom is 0.433 e. The lowest BCUT2D eigenvalue weighted by atomic mass is 9.92. The topological polar surface area (TPSA) is 89.7 Å². The molecule has 3 aromatic rings. The van der Waals surface area contributed by atoms with Crippen LogP contribution in [-0.4, -0.2) is 55.6 Å². The van der Waals surface area contributed by atoms with Crippen LogP contribution in [0.1, 0.15) is 46.1 Å². The Kier molecular flexibility index (Phi) is 4.83. The molecule has 0 aliphatic carbocycles. The van der Waals surface area contributed by atoms with E-state index >= 15 is 0 Å². The Balaban J connectivity index is 1.30. The molecule has 166 valence electrons. The van der Waals surface area contributed by atoms with Crippen LogP contribution in [0.2, 0.25) is 0 Å². The molecule has 2 aliphatic heterocycles.